The minimum atomic E-state index is -0.787. The lowest BCUT2D eigenvalue weighted by molar-refractivity contribution is 0.0222. The third-order valence-electron chi connectivity index (χ3n) is 4.60. The van der Waals surface area contributed by atoms with E-state index in [0.29, 0.717) is 19.0 Å². The van der Waals surface area contributed by atoms with Crippen molar-refractivity contribution in [1.82, 2.24) is 9.80 Å². The highest BCUT2D eigenvalue weighted by atomic mass is 19.1. The van der Waals surface area contributed by atoms with Gasteiger partial charge in [0.25, 0.3) is 5.91 Å². The van der Waals surface area contributed by atoms with Gasteiger partial charge in [0.05, 0.1) is 13.2 Å². The van der Waals surface area contributed by atoms with E-state index in [1.807, 2.05) is 0 Å². The summed E-state index contributed by atoms with van der Waals surface area (Å²) in [6.45, 7) is 5.34. The SMILES string of the molecule is O=C(c1c(F)cccc1F)N1CCCC(CN2CCOCC2)C1. The molecule has 2 fully saturated rings. The van der Waals surface area contributed by atoms with Gasteiger partial charge in [-0.1, -0.05) is 6.07 Å². The Labute approximate surface area is 135 Å². The molecule has 2 saturated heterocycles. The van der Waals surface area contributed by atoms with Crippen molar-refractivity contribution in [3.8, 4) is 0 Å². The number of piperidine rings is 1. The predicted molar refractivity (Wildman–Crippen MR) is 82.2 cm³/mol. The van der Waals surface area contributed by atoms with E-state index in [9.17, 15) is 13.6 Å². The summed E-state index contributed by atoms with van der Waals surface area (Å²) < 4.78 is 33.0. The molecule has 1 aromatic rings. The zero-order valence-electron chi connectivity index (χ0n) is 13.1. The van der Waals surface area contributed by atoms with E-state index in [4.69, 9.17) is 4.74 Å². The average molecular weight is 324 g/mol. The van der Waals surface area contributed by atoms with Crippen molar-refractivity contribution < 1.29 is 18.3 Å². The van der Waals surface area contributed by atoms with Gasteiger partial charge in [-0.25, -0.2) is 8.78 Å². The standard InChI is InChI=1S/C17H22F2N2O2/c18-14-4-1-5-15(19)16(14)17(22)21-6-2-3-13(12-21)11-20-7-9-23-10-8-20/h1,4-5,13H,2-3,6-12H2. The number of hydrogen-bond donors (Lipinski definition) is 0. The maximum Gasteiger partial charge on any atom is 0.259 e. The maximum absolute atomic E-state index is 13.8. The molecule has 1 aromatic carbocycles. The normalized spacial score (nSPS) is 23.0. The van der Waals surface area contributed by atoms with Gasteiger partial charge in [-0.2, -0.15) is 0 Å². The summed E-state index contributed by atoms with van der Waals surface area (Å²) in [5.41, 5.74) is -0.431. The molecule has 1 atom stereocenters. The van der Waals surface area contributed by atoms with Gasteiger partial charge >= 0.3 is 0 Å². The molecule has 0 spiro atoms. The highest BCUT2D eigenvalue weighted by molar-refractivity contribution is 5.94. The Hall–Kier alpha value is -1.53. The van der Waals surface area contributed by atoms with Crippen molar-refractivity contribution in [2.45, 2.75) is 12.8 Å². The van der Waals surface area contributed by atoms with Crippen LogP contribution in [0.1, 0.15) is 23.2 Å². The molecule has 6 heteroatoms. The number of benzene rings is 1. The first kappa shape index (κ1) is 16.3. The molecular weight excluding hydrogens is 302 g/mol. The minimum absolute atomic E-state index is 0.348. The van der Waals surface area contributed by atoms with Crippen LogP contribution < -0.4 is 0 Å². The Bertz CT molecular complexity index is 541. The monoisotopic (exact) mass is 324 g/mol. The highest BCUT2D eigenvalue weighted by Crippen LogP contribution is 2.22. The molecule has 0 radical (unpaired) electrons. The largest absolute Gasteiger partial charge is 0.379 e. The molecule has 4 nitrogen and oxygen atoms in total. The summed E-state index contributed by atoms with van der Waals surface area (Å²) in [5.74, 6) is -1.76. The third-order valence-corrected chi connectivity index (χ3v) is 4.60. The third kappa shape index (κ3) is 3.87. The first-order chi connectivity index (χ1) is 11.1. The molecule has 126 valence electrons. The number of nitrogens with zero attached hydrogens (tertiary/aromatic N) is 2. The van der Waals surface area contributed by atoms with E-state index in [1.165, 1.54) is 6.07 Å². The summed E-state index contributed by atoms with van der Waals surface area (Å²) in [4.78, 5) is 16.4. The number of likely N-dealkylation sites (tertiary alicyclic amines) is 1. The van der Waals surface area contributed by atoms with Crippen molar-refractivity contribution in [3.05, 3.63) is 35.4 Å². The van der Waals surface area contributed by atoms with Gasteiger partial charge in [-0.05, 0) is 30.9 Å². The Morgan fingerprint density at radius 2 is 1.87 bits per heavy atom. The number of hydrogen-bond acceptors (Lipinski definition) is 3. The molecule has 0 saturated carbocycles. The zero-order chi connectivity index (χ0) is 16.2. The van der Waals surface area contributed by atoms with E-state index < -0.39 is 23.1 Å². The van der Waals surface area contributed by atoms with Crippen LogP contribution in [0.3, 0.4) is 0 Å². The molecule has 0 aliphatic carbocycles. The molecule has 0 aromatic heterocycles. The van der Waals surface area contributed by atoms with Gasteiger partial charge < -0.3 is 9.64 Å². The van der Waals surface area contributed by atoms with E-state index in [0.717, 1.165) is 57.8 Å². The summed E-state index contributed by atoms with van der Waals surface area (Å²) >= 11 is 0. The quantitative estimate of drug-likeness (QED) is 0.854. The van der Waals surface area contributed by atoms with E-state index in [1.54, 1.807) is 4.90 Å². The molecule has 0 bridgehead atoms. The Morgan fingerprint density at radius 3 is 2.57 bits per heavy atom. The van der Waals surface area contributed by atoms with E-state index in [-0.39, 0.29) is 0 Å². The number of ether oxygens (including phenoxy) is 1. The molecule has 0 N–H and O–H groups in total. The lowest BCUT2D eigenvalue weighted by atomic mass is 9.96. The summed E-state index contributed by atoms with van der Waals surface area (Å²) in [5, 5.41) is 0. The predicted octanol–water partition coefficient (Wildman–Crippen LogP) is 2.15. The van der Waals surface area contributed by atoms with Gasteiger partial charge in [0.1, 0.15) is 17.2 Å². The van der Waals surface area contributed by atoms with Crippen LogP contribution in [0.25, 0.3) is 0 Å². The number of carbonyl (C=O) groups is 1. The van der Waals surface area contributed by atoms with Crippen LogP contribution in [0.15, 0.2) is 18.2 Å². The summed E-state index contributed by atoms with van der Waals surface area (Å²) in [6, 6.07) is 3.54. The highest BCUT2D eigenvalue weighted by Gasteiger charge is 2.29. The van der Waals surface area contributed by atoms with Crippen molar-refractivity contribution in [1.29, 1.82) is 0 Å². The maximum atomic E-state index is 13.8. The molecule has 2 aliphatic heterocycles. The van der Waals surface area contributed by atoms with Gasteiger partial charge in [-0.3, -0.25) is 9.69 Å². The summed E-state index contributed by atoms with van der Waals surface area (Å²) in [6.07, 6.45) is 1.91. The molecule has 2 heterocycles. The van der Waals surface area contributed by atoms with Crippen LogP contribution in [-0.2, 0) is 4.74 Å². The van der Waals surface area contributed by atoms with Gasteiger partial charge in [0, 0.05) is 32.7 Å². The van der Waals surface area contributed by atoms with Crippen LogP contribution in [0.2, 0.25) is 0 Å². The van der Waals surface area contributed by atoms with Crippen molar-refractivity contribution >= 4 is 5.91 Å². The Balaban J connectivity index is 1.64. The van der Waals surface area contributed by atoms with Gasteiger partial charge in [0.15, 0.2) is 0 Å². The lowest BCUT2D eigenvalue weighted by Crippen LogP contribution is -2.46. The van der Waals surface area contributed by atoms with Crippen molar-refractivity contribution in [3.63, 3.8) is 0 Å². The molecule has 1 unspecified atom stereocenters. The van der Waals surface area contributed by atoms with E-state index >= 15 is 0 Å². The second-order valence-electron chi connectivity index (χ2n) is 6.27. The van der Waals surface area contributed by atoms with Gasteiger partial charge in [0.2, 0.25) is 0 Å². The summed E-state index contributed by atoms with van der Waals surface area (Å²) in [7, 11) is 0. The first-order valence-corrected chi connectivity index (χ1v) is 8.18. The topological polar surface area (TPSA) is 32.8 Å². The second kappa shape index (κ2) is 7.36. The van der Waals surface area contributed by atoms with Crippen LogP contribution in [0.4, 0.5) is 8.78 Å². The van der Waals surface area contributed by atoms with Crippen LogP contribution in [0.5, 0.6) is 0 Å². The fourth-order valence-corrected chi connectivity index (χ4v) is 3.41. The van der Waals surface area contributed by atoms with Crippen LogP contribution >= 0.6 is 0 Å². The number of morpholine rings is 1. The van der Waals surface area contributed by atoms with Crippen molar-refractivity contribution in [2.75, 3.05) is 45.9 Å². The molecule has 2 aliphatic rings. The zero-order valence-corrected chi connectivity index (χ0v) is 13.1. The smallest absolute Gasteiger partial charge is 0.259 e. The number of amides is 1. The lowest BCUT2D eigenvalue weighted by Gasteiger charge is -2.36. The minimum Gasteiger partial charge on any atom is -0.379 e. The van der Waals surface area contributed by atoms with Crippen LogP contribution in [0, 0.1) is 17.6 Å². The fraction of sp³-hybridized carbons (Fsp3) is 0.588. The van der Waals surface area contributed by atoms with Crippen LogP contribution in [-0.4, -0.2) is 61.6 Å². The molecule has 3 rings (SSSR count). The molecule has 23 heavy (non-hydrogen) atoms. The van der Waals surface area contributed by atoms with Gasteiger partial charge in [-0.15, -0.1) is 0 Å². The number of rotatable bonds is 3. The average Bonchev–Trinajstić information content (AvgIpc) is 2.56. The Morgan fingerprint density at radius 1 is 1.17 bits per heavy atom. The second-order valence-corrected chi connectivity index (χ2v) is 6.27. The molecule has 1 amide bonds. The first-order valence-electron chi connectivity index (χ1n) is 8.18. The number of carbonyl (C=O) groups excluding carboxylic acids is 1. The van der Waals surface area contributed by atoms with Crippen molar-refractivity contribution in [2.24, 2.45) is 5.92 Å². The van der Waals surface area contributed by atoms with E-state index in [2.05, 4.69) is 4.90 Å². The number of halogens is 2. The molecular formula is C17H22F2N2O2. The Kier molecular flexibility index (Phi) is 5.23. The fourth-order valence-electron chi connectivity index (χ4n) is 3.41.